The number of hydrogen-bond donors (Lipinski definition) is 0. The molecular weight excluding hydrogens is 216 g/mol. The molecule has 4 heteroatoms. The Morgan fingerprint density at radius 1 is 1.41 bits per heavy atom. The van der Waals surface area contributed by atoms with Crippen molar-refractivity contribution in [2.75, 3.05) is 19.6 Å². The molecule has 0 aromatic heterocycles. The summed E-state index contributed by atoms with van der Waals surface area (Å²) in [6.07, 6.45) is -0.261. The van der Waals surface area contributed by atoms with E-state index < -0.39 is 0 Å². The fraction of sp³-hybridized carbons (Fsp3) is 0.385. The Labute approximate surface area is 101 Å². The van der Waals surface area contributed by atoms with Crippen LogP contribution in [0.3, 0.4) is 0 Å². The second-order valence-corrected chi connectivity index (χ2v) is 4.08. The molecule has 0 bridgehead atoms. The molecule has 0 unspecified atom stereocenters. The minimum atomic E-state index is -0.261. The maximum Gasteiger partial charge on any atom is 0.410 e. The van der Waals surface area contributed by atoms with Gasteiger partial charge in [0, 0.05) is 12.3 Å². The summed E-state index contributed by atoms with van der Waals surface area (Å²) in [6, 6.07) is 9.68. The lowest BCUT2D eigenvalue weighted by Gasteiger charge is -2.24. The predicted octanol–water partition coefficient (Wildman–Crippen LogP) is 2.10. The third-order valence-electron chi connectivity index (χ3n) is 2.63. The number of ether oxygens (including phenoxy) is 1. The first-order valence-electron chi connectivity index (χ1n) is 5.71. The Hall–Kier alpha value is -1.84. The average Bonchev–Trinajstić information content (AvgIpc) is 2.37. The van der Waals surface area contributed by atoms with Gasteiger partial charge in [-0.25, -0.2) is 4.79 Å². The van der Waals surface area contributed by atoms with E-state index in [1.54, 1.807) is 4.90 Å². The lowest BCUT2D eigenvalue weighted by Crippen LogP contribution is -2.40. The van der Waals surface area contributed by atoms with Gasteiger partial charge in [0.2, 0.25) is 0 Å². The number of carbonyl (C=O) groups excluding carboxylic acids is 1. The summed E-state index contributed by atoms with van der Waals surface area (Å²) in [5.41, 5.74) is 1.98. The molecule has 1 aliphatic heterocycles. The number of rotatable bonds is 2. The van der Waals surface area contributed by atoms with E-state index in [2.05, 4.69) is 4.99 Å². The first kappa shape index (κ1) is 11.6. The standard InChI is InChI=1S/C13H16N2O2/c1-11-9-15(8-7-14-11)13(16)17-10-12-5-3-2-4-6-12/h2-6H,7-10H2,1H3. The molecule has 0 fully saturated rings. The highest BCUT2D eigenvalue weighted by Crippen LogP contribution is 2.05. The van der Waals surface area contributed by atoms with Crippen LogP contribution in [-0.2, 0) is 11.3 Å². The average molecular weight is 232 g/mol. The maximum absolute atomic E-state index is 11.8. The van der Waals surface area contributed by atoms with E-state index >= 15 is 0 Å². The summed E-state index contributed by atoms with van der Waals surface area (Å²) >= 11 is 0. The van der Waals surface area contributed by atoms with Crippen molar-refractivity contribution in [2.24, 2.45) is 4.99 Å². The van der Waals surface area contributed by atoms with Gasteiger partial charge in [0.05, 0.1) is 13.1 Å². The third kappa shape index (κ3) is 3.31. The number of amides is 1. The Morgan fingerprint density at radius 2 is 2.18 bits per heavy atom. The van der Waals surface area contributed by atoms with Crippen LogP contribution < -0.4 is 0 Å². The highest BCUT2D eigenvalue weighted by molar-refractivity contribution is 5.87. The number of hydrogen-bond acceptors (Lipinski definition) is 3. The van der Waals surface area contributed by atoms with Gasteiger partial charge in [-0.1, -0.05) is 30.3 Å². The summed E-state index contributed by atoms with van der Waals surface area (Å²) in [4.78, 5) is 17.7. The smallest absolute Gasteiger partial charge is 0.410 e. The van der Waals surface area contributed by atoms with Crippen LogP contribution in [0.1, 0.15) is 12.5 Å². The van der Waals surface area contributed by atoms with E-state index in [9.17, 15) is 4.79 Å². The van der Waals surface area contributed by atoms with Gasteiger partial charge in [0.1, 0.15) is 6.61 Å². The van der Waals surface area contributed by atoms with Crippen molar-refractivity contribution in [1.29, 1.82) is 0 Å². The summed E-state index contributed by atoms with van der Waals surface area (Å²) in [6.45, 7) is 4.15. The zero-order chi connectivity index (χ0) is 12.1. The highest BCUT2D eigenvalue weighted by atomic mass is 16.6. The van der Waals surface area contributed by atoms with Crippen molar-refractivity contribution in [1.82, 2.24) is 4.90 Å². The van der Waals surface area contributed by atoms with Crippen LogP contribution in [0.5, 0.6) is 0 Å². The molecule has 0 aliphatic carbocycles. The second-order valence-electron chi connectivity index (χ2n) is 4.08. The first-order valence-corrected chi connectivity index (χ1v) is 5.71. The van der Waals surface area contributed by atoms with Crippen molar-refractivity contribution in [3.05, 3.63) is 35.9 Å². The largest absolute Gasteiger partial charge is 0.445 e. The van der Waals surface area contributed by atoms with E-state index in [0.29, 0.717) is 26.2 Å². The minimum Gasteiger partial charge on any atom is -0.445 e. The molecule has 0 saturated carbocycles. The van der Waals surface area contributed by atoms with Gasteiger partial charge in [-0.2, -0.15) is 0 Å². The molecule has 1 heterocycles. The molecule has 0 atom stereocenters. The molecule has 1 aromatic carbocycles. The number of benzene rings is 1. The normalized spacial score (nSPS) is 15.4. The molecule has 1 aromatic rings. The second kappa shape index (κ2) is 5.48. The lowest BCUT2D eigenvalue weighted by atomic mass is 10.2. The van der Waals surface area contributed by atoms with Gasteiger partial charge in [-0.3, -0.25) is 4.99 Å². The lowest BCUT2D eigenvalue weighted by molar-refractivity contribution is 0.101. The Morgan fingerprint density at radius 3 is 2.88 bits per heavy atom. The van der Waals surface area contributed by atoms with E-state index in [1.165, 1.54) is 0 Å². The molecular formula is C13H16N2O2. The predicted molar refractivity (Wildman–Crippen MR) is 66.2 cm³/mol. The molecule has 2 rings (SSSR count). The first-order chi connectivity index (χ1) is 8.25. The van der Waals surface area contributed by atoms with Crippen molar-refractivity contribution in [3.63, 3.8) is 0 Å². The van der Waals surface area contributed by atoms with Gasteiger partial charge in [0.15, 0.2) is 0 Å². The summed E-state index contributed by atoms with van der Waals surface area (Å²) in [5, 5.41) is 0. The Bertz CT molecular complexity index is 415. The van der Waals surface area contributed by atoms with Crippen LogP contribution in [-0.4, -0.2) is 36.3 Å². The summed E-state index contributed by atoms with van der Waals surface area (Å²) in [7, 11) is 0. The van der Waals surface area contributed by atoms with Crippen LogP contribution in [0, 0.1) is 0 Å². The zero-order valence-electron chi connectivity index (χ0n) is 9.93. The van der Waals surface area contributed by atoms with Crippen molar-refractivity contribution < 1.29 is 9.53 Å². The van der Waals surface area contributed by atoms with E-state index in [1.807, 2.05) is 37.3 Å². The van der Waals surface area contributed by atoms with Gasteiger partial charge >= 0.3 is 6.09 Å². The quantitative estimate of drug-likeness (QED) is 0.783. The molecule has 0 radical (unpaired) electrons. The molecule has 0 N–H and O–H groups in total. The van der Waals surface area contributed by atoms with E-state index in [0.717, 1.165) is 11.3 Å². The molecule has 0 saturated heterocycles. The number of aliphatic imine (C=N–C) groups is 1. The van der Waals surface area contributed by atoms with Gasteiger partial charge < -0.3 is 9.64 Å². The van der Waals surface area contributed by atoms with Crippen LogP contribution in [0.2, 0.25) is 0 Å². The molecule has 1 aliphatic rings. The monoisotopic (exact) mass is 232 g/mol. The van der Waals surface area contributed by atoms with Crippen LogP contribution in [0.4, 0.5) is 4.79 Å². The maximum atomic E-state index is 11.8. The number of carbonyl (C=O) groups is 1. The highest BCUT2D eigenvalue weighted by Gasteiger charge is 2.18. The van der Waals surface area contributed by atoms with Crippen molar-refractivity contribution in [2.45, 2.75) is 13.5 Å². The molecule has 0 spiro atoms. The van der Waals surface area contributed by atoms with E-state index in [-0.39, 0.29) is 6.09 Å². The Balaban J connectivity index is 1.84. The molecule has 1 amide bonds. The summed E-state index contributed by atoms with van der Waals surface area (Å²) < 4.78 is 5.25. The fourth-order valence-corrected chi connectivity index (χ4v) is 1.73. The van der Waals surface area contributed by atoms with Gasteiger partial charge in [0.25, 0.3) is 0 Å². The molecule has 17 heavy (non-hydrogen) atoms. The third-order valence-corrected chi connectivity index (χ3v) is 2.63. The molecule has 90 valence electrons. The van der Waals surface area contributed by atoms with Crippen molar-refractivity contribution >= 4 is 11.8 Å². The minimum absolute atomic E-state index is 0.261. The fourth-order valence-electron chi connectivity index (χ4n) is 1.73. The van der Waals surface area contributed by atoms with Crippen LogP contribution in [0.25, 0.3) is 0 Å². The number of nitrogens with zero attached hydrogens (tertiary/aromatic N) is 2. The van der Waals surface area contributed by atoms with E-state index in [4.69, 9.17) is 4.74 Å². The van der Waals surface area contributed by atoms with Crippen LogP contribution >= 0.6 is 0 Å². The Kier molecular flexibility index (Phi) is 3.75. The SMILES string of the molecule is CC1=NCCN(C(=O)OCc2ccccc2)C1. The zero-order valence-corrected chi connectivity index (χ0v) is 9.93. The summed E-state index contributed by atoms with van der Waals surface area (Å²) in [5.74, 6) is 0. The van der Waals surface area contributed by atoms with Crippen LogP contribution in [0.15, 0.2) is 35.3 Å². The molecule has 4 nitrogen and oxygen atoms in total. The topological polar surface area (TPSA) is 41.9 Å². The van der Waals surface area contributed by atoms with Gasteiger partial charge in [-0.15, -0.1) is 0 Å². The van der Waals surface area contributed by atoms with Crippen molar-refractivity contribution in [3.8, 4) is 0 Å². The van der Waals surface area contributed by atoms with Gasteiger partial charge in [-0.05, 0) is 12.5 Å².